The molecule has 2 unspecified atom stereocenters. The molecule has 0 bridgehead atoms. The summed E-state index contributed by atoms with van der Waals surface area (Å²) in [6.07, 6.45) is 8.58. The maximum absolute atomic E-state index is 4.80. The van der Waals surface area contributed by atoms with E-state index < -0.39 is 0 Å². The molecule has 2 atom stereocenters. The molecule has 124 valence electrons. The van der Waals surface area contributed by atoms with Gasteiger partial charge in [-0.2, -0.15) is 0 Å². The summed E-state index contributed by atoms with van der Waals surface area (Å²) >= 11 is 1.94. The van der Waals surface area contributed by atoms with E-state index in [-0.39, 0.29) is 24.0 Å². The van der Waals surface area contributed by atoms with E-state index in [2.05, 4.69) is 22.5 Å². The third-order valence-electron chi connectivity index (χ3n) is 4.41. The number of fused-ring (bicyclic) bond motifs is 1. The number of nitrogens with one attached hydrogen (secondary N) is 2. The van der Waals surface area contributed by atoms with E-state index in [0.29, 0.717) is 6.04 Å². The van der Waals surface area contributed by atoms with E-state index in [9.17, 15) is 0 Å². The molecule has 1 aromatic rings. The molecule has 1 heterocycles. The zero-order valence-electron chi connectivity index (χ0n) is 13.5. The van der Waals surface area contributed by atoms with Gasteiger partial charge in [-0.15, -0.1) is 35.3 Å². The monoisotopic (exact) mass is 434 g/mol. The van der Waals surface area contributed by atoms with Gasteiger partial charge in [0.2, 0.25) is 0 Å². The lowest BCUT2D eigenvalue weighted by molar-refractivity contribution is 0.678. The van der Waals surface area contributed by atoms with Crippen molar-refractivity contribution in [3.63, 3.8) is 0 Å². The lowest BCUT2D eigenvalue weighted by Gasteiger charge is -2.10. The Morgan fingerprint density at radius 1 is 1.36 bits per heavy atom. The topological polar surface area (TPSA) is 49.3 Å². The van der Waals surface area contributed by atoms with Crippen molar-refractivity contribution in [3.8, 4) is 0 Å². The molecule has 3 rings (SSSR count). The number of guanidine groups is 1. The molecule has 6 heteroatoms. The van der Waals surface area contributed by atoms with E-state index in [1.54, 1.807) is 4.88 Å². The normalized spacial score (nSPS) is 23.5. The number of hydrogen-bond acceptors (Lipinski definition) is 3. The zero-order chi connectivity index (χ0) is 14.7. The van der Waals surface area contributed by atoms with Crippen LogP contribution in [0.2, 0.25) is 0 Å². The molecule has 4 nitrogen and oxygen atoms in total. The number of aryl methyl sites for hydroxylation is 3. The van der Waals surface area contributed by atoms with Crippen LogP contribution in [0, 0.1) is 5.92 Å². The summed E-state index contributed by atoms with van der Waals surface area (Å²) in [6.45, 7) is 3.24. The van der Waals surface area contributed by atoms with E-state index >= 15 is 0 Å². The van der Waals surface area contributed by atoms with Gasteiger partial charge in [-0.25, -0.2) is 4.98 Å². The van der Waals surface area contributed by atoms with Gasteiger partial charge in [0.25, 0.3) is 0 Å². The van der Waals surface area contributed by atoms with Crippen LogP contribution in [0.3, 0.4) is 0 Å². The number of nitrogens with zero attached hydrogens (tertiary/aromatic N) is 2. The van der Waals surface area contributed by atoms with Crippen molar-refractivity contribution in [2.45, 2.75) is 57.9 Å². The maximum atomic E-state index is 4.80. The minimum atomic E-state index is 0. The molecule has 1 fully saturated rings. The second kappa shape index (κ2) is 8.47. The molecule has 2 N–H and O–H groups in total. The molecule has 22 heavy (non-hydrogen) atoms. The van der Waals surface area contributed by atoms with Crippen LogP contribution in [0.25, 0.3) is 0 Å². The van der Waals surface area contributed by atoms with Crippen molar-refractivity contribution in [3.05, 3.63) is 15.6 Å². The van der Waals surface area contributed by atoms with E-state index in [1.165, 1.54) is 42.8 Å². The average Bonchev–Trinajstić information content (AvgIpc) is 3.02. The van der Waals surface area contributed by atoms with Crippen LogP contribution in [-0.4, -0.2) is 30.6 Å². The highest BCUT2D eigenvalue weighted by Gasteiger charge is 2.33. The van der Waals surface area contributed by atoms with Crippen molar-refractivity contribution in [1.29, 1.82) is 0 Å². The lowest BCUT2D eigenvalue weighted by atomic mass is 10.0. The van der Waals surface area contributed by atoms with Crippen LogP contribution < -0.4 is 10.6 Å². The van der Waals surface area contributed by atoms with Crippen molar-refractivity contribution < 1.29 is 0 Å². The van der Waals surface area contributed by atoms with Gasteiger partial charge in [-0.05, 0) is 44.4 Å². The molecule has 0 aliphatic heterocycles. The number of aliphatic imine (C=N–C) groups is 1. The van der Waals surface area contributed by atoms with Crippen molar-refractivity contribution in [2.24, 2.45) is 10.9 Å². The summed E-state index contributed by atoms with van der Waals surface area (Å²) in [5, 5.41) is 8.19. The molecule has 1 aromatic heterocycles. The van der Waals surface area contributed by atoms with Crippen molar-refractivity contribution in [1.82, 2.24) is 15.6 Å². The standard InChI is InChI=1S/C16H26N4S.HI/c1-11-10-13(11)20-16(17-2)18-9-5-8-15-19-12-6-3-4-7-14(12)21-15;/h11,13H,3-10H2,1-2H3,(H2,17,18,20);1H. The van der Waals surface area contributed by atoms with Gasteiger partial charge >= 0.3 is 0 Å². The number of hydrogen-bond donors (Lipinski definition) is 2. The first-order valence-corrected chi connectivity index (χ1v) is 9.02. The van der Waals surface area contributed by atoms with Crippen LogP contribution in [0.1, 0.15) is 48.2 Å². The van der Waals surface area contributed by atoms with Gasteiger partial charge in [-0.3, -0.25) is 4.99 Å². The highest BCUT2D eigenvalue weighted by molar-refractivity contribution is 14.0. The van der Waals surface area contributed by atoms with Gasteiger partial charge in [0.05, 0.1) is 10.7 Å². The molecule has 0 spiro atoms. The van der Waals surface area contributed by atoms with Gasteiger partial charge < -0.3 is 10.6 Å². The number of rotatable bonds is 5. The quantitative estimate of drug-likeness (QED) is 0.324. The third-order valence-corrected chi connectivity index (χ3v) is 5.62. The Labute approximate surface area is 154 Å². The molecule has 0 radical (unpaired) electrons. The Bertz CT molecular complexity index is 491. The Morgan fingerprint density at radius 3 is 2.82 bits per heavy atom. The van der Waals surface area contributed by atoms with Crippen molar-refractivity contribution in [2.75, 3.05) is 13.6 Å². The highest BCUT2D eigenvalue weighted by Crippen LogP contribution is 2.29. The summed E-state index contributed by atoms with van der Waals surface area (Å²) < 4.78 is 0. The van der Waals surface area contributed by atoms with Crippen LogP contribution >= 0.6 is 35.3 Å². The van der Waals surface area contributed by atoms with Gasteiger partial charge in [0, 0.05) is 30.9 Å². The Hall–Kier alpha value is -0.370. The number of halogens is 1. The Kier molecular flexibility index (Phi) is 6.92. The molecule has 0 aromatic carbocycles. The first-order chi connectivity index (χ1) is 10.3. The lowest BCUT2D eigenvalue weighted by Crippen LogP contribution is -2.39. The largest absolute Gasteiger partial charge is 0.356 e. The summed E-state index contributed by atoms with van der Waals surface area (Å²) in [7, 11) is 1.84. The number of aromatic nitrogens is 1. The van der Waals surface area contributed by atoms with E-state index in [0.717, 1.165) is 31.3 Å². The fourth-order valence-electron chi connectivity index (χ4n) is 2.85. The van der Waals surface area contributed by atoms with Crippen LogP contribution in [-0.2, 0) is 19.3 Å². The highest BCUT2D eigenvalue weighted by atomic mass is 127. The molecule has 0 amide bonds. The van der Waals surface area contributed by atoms with Crippen LogP contribution in [0.15, 0.2) is 4.99 Å². The van der Waals surface area contributed by atoms with Gasteiger partial charge in [-0.1, -0.05) is 6.92 Å². The molecular weight excluding hydrogens is 407 g/mol. The van der Waals surface area contributed by atoms with Crippen LogP contribution in [0.5, 0.6) is 0 Å². The molecular formula is C16H27IN4S. The summed E-state index contributed by atoms with van der Waals surface area (Å²) in [5.41, 5.74) is 1.38. The summed E-state index contributed by atoms with van der Waals surface area (Å²) in [4.78, 5) is 10.6. The van der Waals surface area contributed by atoms with E-state index in [4.69, 9.17) is 4.98 Å². The minimum absolute atomic E-state index is 0. The predicted octanol–water partition coefficient (Wildman–Crippen LogP) is 3.15. The summed E-state index contributed by atoms with van der Waals surface area (Å²) in [6, 6.07) is 0.627. The predicted molar refractivity (Wildman–Crippen MR) is 105 cm³/mol. The zero-order valence-corrected chi connectivity index (χ0v) is 16.7. The number of thiazole rings is 1. The van der Waals surface area contributed by atoms with Crippen molar-refractivity contribution >= 4 is 41.3 Å². The third kappa shape index (κ3) is 4.81. The molecule has 0 saturated heterocycles. The van der Waals surface area contributed by atoms with Gasteiger partial charge in [0.15, 0.2) is 5.96 Å². The Balaban J connectivity index is 0.00000176. The first-order valence-electron chi connectivity index (χ1n) is 8.21. The van der Waals surface area contributed by atoms with Gasteiger partial charge in [0.1, 0.15) is 0 Å². The SMILES string of the molecule is CN=C(NCCCc1nc2c(s1)CCCC2)NC1CC1C.I. The Morgan fingerprint density at radius 2 is 2.14 bits per heavy atom. The van der Waals surface area contributed by atoms with E-state index in [1.807, 2.05) is 18.4 Å². The molecule has 2 aliphatic rings. The minimum Gasteiger partial charge on any atom is -0.356 e. The maximum Gasteiger partial charge on any atom is 0.191 e. The van der Waals surface area contributed by atoms with Crippen LogP contribution in [0.4, 0.5) is 0 Å². The molecule has 2 aliphatic carbocycles. The fraction of sp³-hybridized carbons (Fsp3) is 0.750. The second-order valence-electron chi connectivity index (χ2n) is 6.25. The second-order valence-corrected chi connectivity index (χ2v) is 7.42. The smallest absolute Gasteiger partial charge is 0.191 e. The fourth-order valence-corrected chi connectivity index (χ4v) is 4.05. The summed E-state index contributed by atoms with van der Waals surface area (Å²) in [5.74, 6) is 1.74. The average molecular weight is 434 g/mol. The molecule has 1 saturated carbocycles. The first kappa shape index (κ1) is 18.0.